The Balaban J connectivity index is 1.33. The molecule has 0 aliphatic carbocycles. The van der Waals surface area contributed by atoms with Crippen LogP contribution in [0.3, 0.4) is 0 Å². The molecule has 2 fully saturated rings. The van der Waals surface area contributed by atoms with Gasteiger partial charge in [-0.25, -0.2) is 9.97 Å². The number of rotatable bonds is 3. The van der Waals surface area contributed by atoms with E-state index in [1.54, 1.807) is 23.3 Å². The maximum atomic E-state index is 12.4. The van der Waals surface area contributed by atoms with E-state index in [1.807, 2.05) is 41.9 Å². The van der Waals surface area contributed by atoms with Crippen molar-refractivity contribution in [3.63, 3.8) is 0 Å². The van der Waals surface area contributed by atoms with Crippen LogP contribution in [0.2, 0.25) is 0 Å². The highest BCUT2D eigenvalue weighted by molar-refractivity contribution is 8.01. The third kappa shape index (κ3) is 2.81. The number of amides is 1. The summed E-state index contributed by atoms with van der Waals surface area (Å²) in [6.45, 7) is 1.55. The Kier molecular flexibility index (Phi) is 3.52. The predicted molar refractivity (Wildman–Crippen MR) is 87.6 cm³/mol. The highest BCUT2D eigenvalue weighted by Gasteiger charge is 2.51. The number of aromatic nitrogens is 3. The van der Waals surface area contributed by atoms with Gasteiger partial charge in [-0.05, 0) is 6.07 Å². The second kappa shape index (κ2) is 5.56. The van der Waals surface area contributed by atoms with Crippen molar-refractivity contribution >= 4 is 17.7 Å². The molecule has 2 aliphatic rings. The summed E-state index contributed by atoms with van der Waals surface area (Å²) in [5, 5.41) is 0. The van der Waals surface area contributed by atoms with E-state index in [2.05, 4.69) is 9.97 Å². The van der Waals surface area contributed by atoms with Crippen molar-refractivity contribution in [1.82, 2.24) is 19.4 Å². The largest absolute Gasteiger partial charge is 0.473 e. The lowest BCUT2D eigenvalue weighted by Gasteiger charge is -2.47. The number of imidazole rings is 1. The van der Waals surface area contributed by atoms with E-state index in [9.17, 15) is 4.79 Å². The number of pyridine rings is 1. The molecule has 2 aliphatic heterocycles. The first-order valence-electron chi connectivity index (χ1n) is 7.62. The first kappa shape index (κ1) is 14.6. The minimum absolute atomic E-state index is 0.0194. The summed E-state index contributed by atoms with van der Waals surface area (Å²) in [5.41, 5.74) is 0.520. The van der Waals surface area contributed by atoms with Crippen molar-refractivity contribution in [3.05, 3.63) is 42.6 Å². The highest BCUT2D eigenvalue weighted by Crippen LogP contribution is 2.46. The van der Waals surface area contributed by atoms with Gasteiger partial charge in [0.2, 0.25) is 5.88 Å². The van der Waals surface area contributed by atoms with Crippen LogP contribution in [0.15, 0.2) is 36.9 Å². The van der Waals surface area contributed by atoms with Crippen molar-refractivity contribution < 1.29 is 9.53 Å². The van der Waals surface area contributed by atoms with Crippen LogP contribution < -0.4 is 4.74 Å². The number of aryl methyl sites for hydroxylation is 1. The standard InChI is InChI=1S/C16H18N4O2S/c1-19-7-13(18-11-19)15(21)20-9-16(10-20)6-12(8-23-16)22-14-4-2-3-5-17-14/h2-5,7,11-12H,6,8-10H2,1H3/t12-/m0/s1. The van der Waals surface area contributed by atoms with Crippen LogP contribution in [0.25, 0.3) is 0 Å². The van der Waals surface area contributed by atoms with Crippen LogP contribution in [0, 0.1) is 0 Å². The monoisotopic (exact) mass is 330 g/mol. The second-order valence-corrected chi connectivity index (χ2v) is 7.68. The highest BCUT2D eigenvalue weighted by atomic mass is 32.2. The van der Waals surface area contributed by atoms with E-state index >= 15 is 0 Å². The maximum absolute atomic E-state index is 12.4. The summed E-state index contributed by atoms with van der Waals surface area (Å²) in [7, 11) is 1.87. The van der Waals surface area contributed by atoms with Gasteiger partial charge in [-0.3, -0.25) is 4.79 Å². The van der Waals surface area contributed by atoms with E-state index < -0.39 is 0 Å². The lowest BCUT2D eigenvalue weighted by atomic mass is 9.92. The smallest absolute Gasteiger partial charge is 0.274 e. The number of thioether (sulfide) groups is 1. The Morgan fingerprint density at radius 2 is 2.26 bits per heavy atom. The van der Waals surface area contributed by atoms with Gasteiger partial charge < -0.3 is 14.2 Å². The number of likely N-dealkylation sites (tertiary alicyclic amines) is 1. The van der Waals surface area contributed by atoms with Gasteiger partial charge in [-0.2, -0.15) is 0 Å². The SMILES string of the molecule is Cn1cnc(C(=O)N2CC3(C[C@H](Oc4ccccn4)CS3)C2)c1. The van der Waals surface area contributed by atoms with Gasteiger partial charge in [0.15, 0.2) is 0 Å². The zero-order chi connectivity index (χ0) is 15.9. The Morgan fingerprint density at radius 3 is 2.96 bits per heavy atom. The molecule has 2 aromatic heterocycles. The molecule has 4 heterocycles. The van der Waals surface area contributed by atoms with Crippen LogP contribution >= 0.6 is 11.8 Å². The van der Waals surface area contributed by atoms with Crippen LogP contribution in [0.5, 0.6) is 5.88 Å². The maximum Gasteiger partial charge on any atom is 0.274 e. The Morgan fingerprint density at radius 1 is 1.39 bits per heavy atom. The van der Waals surface area contributed by atoms with E-state index in [1.165, 1.54) is 0 Å². The topological polar surface area (TPSA) is 60.2 Å². The van der Waals surface area contributed by atoms with Crippen LogP contribution in [0.4, 0.5) is 0 Å². The average molecular weight is 330 g/mol. The van der Waals surface area contributed by atoms with Crippen molar-refractivity contribution in [1.29, 1.82) is 0 Å². The predicted octanol–water partition coefficient (Wildman–Crippen LogP) is 1.59. The van der Waals surface area contributed by atoms with Gasteiger partial charge in [0.1, 0.15) is 11.8 Å². The van der Waals surface area contributed by atoms with Crippen molar-refractivity contribution in [2.24, 2.45) is 7.05 Å². The first-order chi connectivity index (χ1) is 11.1. The van der Waals surface area contributed by atoms with Crippen molar-refractivity contribution in [2.75, 3.05) is 18.8 Å². The summed E-state index contributed by atoms with van der Waals surface area (Å²) >= 11 is 1.91. The molecule has 4 rings (SSSR count). The summed E-state index contributed by atoms with van der Waals surface area (Å²) in [5.74, 6) is 1.64. The van der Waals surface area contributed by atoms with Gasteiger partial charge in [0.25, 0.3) is 5.91 Å². The molecule has 0 radical (unpaired) electrons. The molecule has 1 amide bonds. The zero-order valence-electron chi connectivity index (χ0n) is 12.9. The molecule has 1 spiro atoms. The molecular formula is C16H18N4O2S. The molecule has 0 saturated carbocycles. The molecule has 0 bridgehead atoms. The lowest BCUT2D eigenvalue weighted by molar-refractivity contribution is 0.0510. The Hall–Kier alpha value is -2.02. The number of ether oxygens (including phenoxy) is 1. The Bertz CT molecular complexity index is 712. The number of nitrogens with zero attached hydrogens (tertiary/aromatic N) is 4. The molecule has 0 N–H and O–H groups in total. The van der Waals surface area contributed by atoms with Crippen LogP contribution in [-0.2, 0) is 7.05 Å². The number of carbonyl (C=O) groups excluding carboxylic acids is 1. The molecular weight excluding hydrogens is 312 g/mol. The lowest BCUT2D eigenvalue weighted by Crippen LogP contribution is -2.60. The van der Waals surface area contributed by atoms with Crippen molar-refractivity contribution in [2.45, 2.75) is 17.3 Å². The van der Waals surface area contributed by atoms with Gasteiger partial charge >= 0.3 is 0 Å². The summed E-state index contributed by atoms with van der Waals surface area (Å²) in [4.78, 5) is 22.6. The second-order valence-electron chi connectivity index (χ2n) is 6.19. The molecule has 7 heteroatoms. The summed E-state index contributed by atoms with van der Waals surface area (Å²) < 4.78 is 7.88. The van der Waals surface area contributed by atoms with E-state index in [0.29, 0.717) is 11.6 Å². The summed E-state index contributed by atoms with van der Waals surface area (Å²) in [6.07, 6.45) is 6.29. The molecule has 0 aromatic carbocycles. The zero-order valence-corrected chi connectivity index (χ0v) is 13.7. The fraction of sp³-hybridized carbons (Fsp3) is 0.438. The van der Waals surface area contributed by atoms with E-state index in [0.717, 1.165) is 25.3 Å². The molecule has 2 aromatic rings. The number of hydrogen-bond acceptors (Lipinski definition) is 5. The van der Waals surface area contributed by atoms with Crippen LogP contribution in [-0.4, -0.2) is 55.0 Å². The molecule has 0 unspecified atom stereocenters. The number of hydrogen-bond donors (Lipinski definition) is 0. The first-order valence-corrected chi connectivity index (χ1v) is 8.61. The normalized spacial score (nSPS) is 22.1. The Labute approximate surface area is 138 Å². The van der Waals surface area contributed by atoms with E-state index in [-0.39, 0.29) is 16.8 Å². The average Bonchev–Trinajstić information content (AvgIpc) is 3.13. The minimum atomic E-state index is 0.0194. The van der Waals surface area contributed by atoms with Crippen LogP contribution in [0.1, 0.15) is 16.9 Å². The number of carbonyl (C=O) groups is 1. The quantitative estimate of drug-likeness (QED) is 0.855. The summed E-state index contributed by atoms with van der Waals surface area (Å²) in [6, 6.07) is 5.69. The molecule has 1 atom stereocenters. The molecule has 6 nitrogen and oxygen atoms in total. The van der Waals surface area contributed by atoms with Gasteiger partial charge in [0.05, 0.1) is 11.1 Å². The van der Waals surface area contributed by atoms with Gasteiger partial charge in [-0.1, -0.05) is 6.07 Å². The minimum Gasteiger partial charge on any atom is -0.473 e. The third-order valence-electron chi connectivity index (χ3n) is 4.27. The van der Waals surface area contributed by atoms with Gasteiger partial charge in [0, 0.05) is 50.8 Å². The third-order valence-corrected chi connectivity index (χ3v) is 5.85. The molecule has 2 saturated heterocycles. The fourth-order valence-corrected chi connectivity index (χ4v) is 4.69. The van der Waals surface area contributed by atoms with Crippen molar-refractivity contribution in [3.8, 4) is 5.88 Å². The molecule has 23 heavy (non-hydrogen) atoms. The van der Waals surface area contributed by atoms with E-state index in [4.69, 9.17) is 4.74 Å². The molecule has 120 valence electrons. The van der Waals surface area contributed by atoms with Gasteiger partial charge in [-0.15, -0.1) is 11.8 Å². The fourth-order valence-electron chi connectivity index (χ4n) is 3.16.